The minimum atomic E-state index is -4.39. The second kappa shape index (κ2) is 6.52. The van der Waals surface area contributed by atoms with Crippen LogP contribution in [0.4, 0.5) is 13.2 Å². The maximum Gasteiger partial charge on any atom is 0.416 e. The topological polar surface area (TPSA) is 38.7 Å². The van der Waals surface area contributed by atoms with Gasteiger partial charge in [0, 0.05) is 11.8 Å². The summed E-state index contributed by atoms with van der Waals surface area (Å²) in [6, 6.07) is 6.94. The third-order valence-corrected chi connectivity index (χ3v) is 4.80. The Bertz CT molecular complexity index is 875. The van der Waals surface area contributed by atoms with Gasteiger partial charge >= 0.3 is 6.18 Å². The first-order valence-corrected chi connectivity index (χ1v) is 8.95. The van der Waals surface area contributed by atoms with Crippen molar-refractivity contribution in [3.63, 3.8) is 0 Å². The first kappa shape index (κ1) is 16.9. The summed E-state index contributed by atoms with van der Waals surface area (Å²) in [4.78, 5) is 13.7. The first-order valence-electron chi connectivity index (χ1n) is 6.91. The maximum absolute atomic E-state index is 13.0. The first-order chi connectivity index (χ1) is 11.4. The highest BCUT2D eigenvalue weighted by Crippen LogP contribution is 2.38. The third-order valence-electron chi connectivity index (χ3n) is 3.25. The van der Waals surface area contributed by atoms with Crippen LogP contribution in [-0.2, 0) is 6.18 Å². The molecular formula is C16H12F3N3S2. The second-order valence-corrected chi connectivity index (χ2v) is 6.89. The summed E-state index contributed by atoms with van der Waals surface area (Å²) in [5, 5.41) is 1.37. The maximum atomic E-state index is 13.0. The zero-order valence-corrected chi connectivity index (χ0v) is 14.4. The monoisotopic (exact) mass is 367 g/mol. The lowest BCUT2D eigenvalue weighted by Gasteiger charge is -2.08. The molecule has 2 aromatic heterocycles. The van der Waals surface area contributed by atoms with Crippen molar-refractivity contribution in [2.45, 2.75) is 18.3 Å². The molecule has 0 N–H and O–H groups in total. The molecule has 3 nitrogen and oxygen atoms in total. The fraction of sp³-hybridized carbons (Fsp3) is 0.188. The summed E-state index contributed by atoms with van der Waals surface area (Å²) in [7, 11) is 0. The Hall–Kier alpha value is -1.93. The quantitative estimate of drug-likeness (QED) is 0.464. The van der Waals surface area contributed by atoms with Crippen molar-refractivity contribution in [3.8, 4) is 21.8 Å². The molecule has 0 fully saturated rings. The van der Waals surface area contributed by atoms with Gasteiger partial charge < -0.3 is 0 Å². The number of rotatable bonds is 3. The molecule has 0 aliphatic heterocycles. The molecule has 0 bridgehead atoms. The standard InChI is InChI=1S/C16H12F3N3S2/c1-9-21-13(10-4-3-5-11(8-10)16(17,18)19)14(24-9)12-6-7-20-15(22-12)23-2/h3-8H,1-2H3. The van der Waals surface area contributed by atoms with Crippen LogP contribution in [0.2, 0.25) is 0 Å². The Morgan fingerprint density at radius 2 is 1.92 bits per heavy atom. The molecule has 0 saturated heterocycles. The Morgan fingerprint density at radius 1 is 1.12 bits per heavy atom. The third kappa shape index (κ3) is 3.44. The average molecular weight is 367 g/mol. The molecular weight excluding hydrogens is 355 g/mol. The van der Waals surface area contributed by atoms with E-state index >= 15 is 0 Å². The molecule has 0 amide bonds. The van der Waals surface area contributed by atoms with Crippen LogP contribution in [0, 0.1) is 6.92 Å². The van der Waals surface area contributed by atoms with Gasteiger partial charge in [0.1, 0.15) is 0 Å². The Labute approximate surface area is 145 Å². The van der Waals surface area contributed by atoms with Gasteiger partial charge in [-0.1, -0.05) is 23.9 Å². The molecule has 24 heavy (non-hydrogen) atoms. The SMILES string of the molecule is CSc1nccc(-c2sc(C)nc2-c2cccc(C(F)(F)F)c2)n1. The number of alkyl halides is 3. The molecule has 8 heteroatoms. The van der Waals surface area contributed by atoms with Gasteiger partial charge in [0.15, 0.2) is 5.16 Å². The van der Waals surface area contributed by atoms with E-state index in [9.17, 15) is 13.2 Å². The number of aromatic nitrogens is 3. The van der Waals surface area contributed by atoms with E-state index in [0.29, 0.717) is 22.1 Å². The lowest BCUT2D eigenvalue weighted by atomic mass is 10.1. The summed E-state index contributed by atoms with van der Waals surface area (Å²) < 4.78 is 38.9. The van der Waals surface area contributed by atoms with E-state index in [0.717, 1.165) is 22.0 Å². The van der Waals surface area contributed by atoms with Gasteiger partial charge in [-0.05, 0) is 31.4 Å². The predicted molar refractivity (Wildman–Crippen MR) is 90.1 cm³/mol. The van der Waals surface area contributed by atoms with Crippen LogP contribution in [0.25, 0.3) is 21.8 Å². The van der Waals surface area contributed by atoms with Crippen LogP contribution in [0.5, 0.6) is 0 Å². The molecule has 3 rings (SSSR count). The van der Waals surface area contributed by atoms with Crippen LogP contribution in [-0.4, -0.2) is 21.2 Å². The molecule has 0 spiro atoms. The summed E-state index contributed by atoms with van der Waals surface area (Å²) in [6.45, 7) is 1.82. The minimum Gasteiger partial charge on any atom is -0.241 e. The van der Waals surface area contributed by atoms with Crippen molar-refractivity contribution in [3.05, 3.63) is 47.1 Å². The van der Waals surface area contributed by atoms with Crippen molar-refractivity contribution in [1.82, 2.24) is 15.0 Å². The van der Waals surface area contributed by atoms with E-state index in [1.54, 1.807) is 18.3 Å². The zero-order valence-electron chi connectivity index (χ0n) is 12.8. The van der Waals surface area contributed by atoms with Crippen LogP contribution in [0.15, 0.2) is 41.7 Å². The van der Waals surface area contributed by atoms with E-state index in [-0.39, 0.29) is 0 Å². The van der Waals surface area contributed by atoms with Crippen LogP contribution in [0.3, 0.4) is 0 Å². The van der Waals surface area contributed by atoms with Crippen molar-refractivity contribution in [1.29, 1.82) is 0 Å². The smallest absolute Gasteiger partial charge is 0.241 e. The number of nitrogens with zero attached hydrogens (tertiary/aromatic N) is 3. The molecule has 0 aliphatic carbocycles. The summed E-state index contributed by atoms with van der Waals surface area (Å²) in [6.07, 6.45) is -0.883. The number of thiazole rings is 1. The molecule has 0 aliphatic rings. The number of aryl methyl sites for hydroxylation is 1. The van der Waals surface area contributed by atoms with E-state index in [4.69, 9.17) is 0 Å². The lowest BCUT2D eigenvalue weighted by molar-refractivity contribution is -0.137. The number of thioether (sulfide) groups is 1. The highest BCUT2D eigenvalue weighted by molar-refractivity contribution is 7.98. The number of hydrogen-bond donors (Lipinski definition) is 0. The zero-order chi connectivity index (χ0) is 17.3. The summed E-state index contributed by atoms with van der Waals surface area (Å²) >= 11 is 2.81. The van der Waals surface area contributed by atoms with E-state index in [2.05, 4.69) is 15.0 Å². The second-order valence-electron chi connectivity index (χ2n) is 4.92. The van der Waals surface area contributed by atoms with Crippen molar-refractivity contribution in [2.75, 3.05) is 6.26 Å². The van der Waals surface area contributed by atoms with E-state index < -0.39 is 11.7 Å². The van der Waals surface area contributed by atoms with Crippen LogP contribution >= 0.6 is 23.1 Å². The van der Waals surface area contributed by atoms with Crippen molar-refractivity contribution >= 4 is 23.1 Å². The van der Waals surface area contributed by atoms with Gasteiger partial charge in [0.05, 0.1) is 26.8 Å². The molecule has 0 radical (unpaired) electrons. The summed E-state index contributed by atoms with van der Waals surface area (Å²) in [5.74, 6) is 0. The molecule has 3 aromatic rings. The molecule has 0 unspecified atom stereocenters. The molecule has 0 saturated carbocycles. The molecule has 124 valence electrons. The van der Waals surface area contributed by atoms with Gasteiger partial charge in [-0.2, -0.15) is 13.2 Å². The highest BCUT2D eigenvalue weighted by Gasteiger charge is 2.31. The predicted octanol–water partition coefficient (Wildman–Crippen LogP) is 5.32. The van der Waals surface area contributed by atoms with Gasteiger partial charge in [0.25, 0.3) is 0 Å². The lowest BCUT2D eigenvalue weighted by Crippen LogP contribution is -2.04. The van der Waals surface area contributed by atoms with E-state index in [1.807, 2.05) is 13.2 Å². The Kier molecular flexibility index (Phi) is 4.60. The van der Waals surface area contributed by atoms with Crippen LogP contribution in [0.1, 0.15) is 10.6 Å². The summed E-state index contributed by atoms with van der Waals surface area (Å²) in [5.41, 5.74) is 0.902. The number of benzene rings is 1. The van der Waals surface area contributed by atoms with Gasteiger partial charge in [-0.3, -0.25) is 0 Å². The molecule has 2 heterocycles. The Balaban J connectivity index is 2.13. The van der Waals surface area contributed by atoms with Crippen molar-refractivity contribution in [2.24, 2.45) is 0 Å². The highest BCUT2D eigenvalue weighted by atomic mass is 32.2. The number of hydrogen-bond acceptors (Lipinski definition) is 5. The fourth-order valence-electron chi connectivity index (χ4n) is 2.20. The van der Waals surface area contributed by atoms with Crippen molar-refractivity contribution < 1.29 is 13.2 Å². The van der Waals surface area contributed by atoms with Crippen LogP contribution < -0.4 is 0 Å². The Morgan fingerprint density at radius 3 is 2.62 bits per heavy atom. The average Bonchev–Trinajstić information content (AvgIpc) is 2.96. The van der Waals surface area contributed by atoms with Gasteiger partial charge in [0.2, 0.25) is 0 Å². The normalized spacial score (nSPS) is 11.7. The molecule has 0 atom stereocenters. The fourth-order valence-corrected chi connectivity index (χ4v) is 3.47. The van der Waals surface area contributed by atoms with Gasteiger partial charge in [-0.25, -0.2) is 15.0 Å². The minimum absolute atomic E-state index is 0.425. The van der Waals surface area contributed by atoms with E-state index in [1.165, 1.54) is 29.2 Å². The largest absolute Gasteiger partial charge is 0.416 e. The number of halogens is 3. The molecule has 1 aromatic carbocycles. The van der Waals surface area contributed by atoms with Gasteiger partial charge in [-0.15, -0.1) is 11.3 Å².